The molecule has 0 amide bonds. The Morgan fingerprint density at radius 2 is 1.65 bits per heavy atom. The smallest absolute Gasteiger partial charge is 0.129 e. The second-order valence-corrected chi connectivity index (χ2v) is 5.15. The van der Waals surface area contributed by atoms with Crippen LogP contribution in [0.25, 0.3) is 10.8 Å². The van der Waals surface area contributed by atoms with E-state index in [4.69, 9.17) is 17.3 Å². The van der Waals surface area contributed by atoms with Gasteiger partial charge in [-0.3, -0.25) is 0 Å². The van der Waals surface area contributed by atoms with Crippen LogP contribution >= 0.6 is 11.6 Å². The molecule has 1 atom stereocenters. The number of hydrogen-bond acceptors (Lipinski definition) is 1. The van der Waals surface area contributed by atoms with Gasteiger partial charge in [0.2, 0.25) is 0 Å². The molecule has 0 aliphatic heterocycles. The topological polar surface area (TPSA) is 26.0 Å². The van der Waals surface area contributed by atoms with Gasteiger partial charge in [-0.05, 0) is 28.5 Å². The van der Waals surface area contributed by atoms with E-state index in [1.807, 2.05) is 42.5 Å². The number of fused-ring (bicyclic) bond motifs is 1. The van der Waals surface area contributed by atoms with E-state index >= 15 is 0 Å². The molecule has 20 heavy (non-hydrogen) atoms. The first-order valence-electron chi connectivity index (χ1n) is 6.35. The molecule has 1 nitrogen and oxygen atoms in total. The van der Waals surface area contributed by atoms with Crippen LogP contribution < -0.4 is 5.73 Å². The van der Waals surface area contributed by atoms with Gasteiger partial charge in [0.05, 0.1) is 6.04 Å². The second-order valence-electron chi connectivity index (χ2n) is 4.71. The Labute approximate surface area is 121 Å². The zero-order valence-corrected chi connectivity index (χ0v) is 11.4. The van der Waals surface area contributed by atoms with E-state index in [0.29, 0.717) is 10.6 Å². The summed E-state index contributed by atoms with van der Waals surface area (Å²) in [6, 6.07) is 17.9. The van der Waals surface area contributed by atoms with E-state index in [-0.39, 0.29) is 5.82 Å². The van der Waals surface area contributed by atoms with E-state index in [9.17, 15) is 4.39 Å². The molecule has 0 aliphatic carbocycles. The van der Waals surface area contributed by atoms with Gasteiger partial charge in [-0.25, -0.2) is 4.39 Å². The molecule has 0 saturated heterocycles. The summed E-state index contributed by atoms with van der Waals surface area (Å²) in [5.74, 6) is -0.377. The van der Waals surface area contributed by atoms with E-state index in [1.54, 1.807) is 12.1 Å². The molecule has 0 bridgehead atoms. The maximum Gasteiger partial charge on any atom is 0.129 e. The van der Waals surface area contributed by atoms with Crippen LogP contribution in [0.2, 0.25) is 5.02 Å². The molecule has 1 unspecified atom stereocenters. The molecule has 3 aromatic rings. The molecule has 0 heterocycles. The lowest BCUT2D eigenvalue weighted by molar-refractivity contribution is 0.600. The van der Waals surface area contributed by atoms with Crippen molar-refractivity contribution in [2.75, 3.05) is 0 Å². The lowest BCUT2D eigenvalue weighted by atomic mass is 9.94. The normalized spacial score (nSPS) is 12.6. The van der Waals surface area contributed by atoms with E-state index in [2.05, 4.69) is 0 Å². The van der Waals surface area contributed by atoms with Crippen LogP contribution in [0.5, 0.6) is 0 Å². The Morgan fingerprint density at radius 3 is 2.45 bits per heavy atom. The van der Waals surface area contributed by atoms with Gasteiger partial charge in [-0.1, -0.05) is 60.1 Å². The molecule has 0 radical (unpaired) electrons. The number of halogens is 2. The largest absolute Gasteiger partial charge is 0.320 e. The Morgan fingerprint density at radius 1 is 0.900 bits per heavy atom. The molecule has 3 rings (SSSR count). The number of hydrogen-bond donors (Lipinski definition) is 1. The minimum absolute atomic E-state index is 0.372. The summed E-state index contributed by atoms with van der Waals surface area (Å²) < 4.78 is 14.0. The highest BCUT2D eigenvalue weighted by Crippen LogP contribution is 2.29. The van der Waals surface area contributed by atoms with Crippen molar-refractivity contribution in [2.24, 2.45) is 5.73 Å². The molecule has 3 heteroatoms. The lowest BCUT2D eigenvalue weighted by Gasteiger charge is -2.16. The van der Waals surface area contributed by atoms with Crippen LogP contribution in [-0.4, -0.2) is 0 Å². The summed E-state index contributed by atoms with van der Waals surface area (Å²) in [6.07, 6.45) is 0. The van der Waals surface area contributed by atoms with Crippen molar-refractivity contribution in [2.45, 2.75) is 6.04 Å². The Hall–Kier alpha value is -1.90. The standard InChI is InChI=1S/C17H13ClFN/c18-12-8-9-15(16(19)10-12)17(20)14-7-3-5-11-4-1-2-6-13(11)14/h1-10,17H,20H2. The van der Waals surface area contributed by atoms with Crippen LogP contribution in [0.3, 0.4) is 0 Å². The van der Waals surface area contributed by atoms with Gasteiger partial charge < -0.3 is 5.73 Å². The lowest BCUT2D eigenvalue weighted by Crippen LogP contribution is -2.14. The van der Waals surface area contributed by atoms with Gasteiger partial charge in [0.1, 0.15) is 5.82 Å². The first kappa shape index (κ1) is 13.1. The number of nitrogens with two attached hydrogens (primary N) is 1. The maximum absolute atomic E-state index is 14.0. The fourth-order valence-electron chi connectivity index (χ4n) is 2.44. The summed E-state index contributed by atoms with van der Waals surface area (Å²) in [5, 5.41) is 2.50. The predicted octanol–water partition coefficient (Wildman–Crippen LogP) is 4.68. The second kappa shape index (κ2) is 5.23. The van der Waals surface area contributed by atoms with Gasteiger partial charge in [0, 0.05) is 10.6 Å². The van der Waals surface area contributed by atoms with E-state index in [1.165, 1.54) is 6.07 Å². The van der Waals surface area contributed by atoms with Crippen LogP contribution in [-0.2, 0) is 0 Å². The minimum Gasteiger partial charge on any atom is -0.320 e. The zero-order valence-electron chi connectivity index (χ0n) is 10.7. The van der Waals surface area contributed by atoms with Crippen molar-refractivity contribution < 1.29 is 4.39 Å². The first-order chi connectivity index (χ1) is 9.66. The average molecular weight is 286 g/mol. The van der Waals surface area contributed by atoms with Crippen molar-refractivity contribution in [1.29, 1.82) is 0 Å². The Bertz CT molecular complexity index is 765. The van der Waals surface area contributed by atoms with Gasteiger partial charge in [0.15, 0.2) is 0 Å². The van der Waals surface area contributed by atoms with Crippen LogP contribution in [0.1, 0.15) is 17.2 Å². The van der Waals surface area contributed by atoms with Crippen molar-refractivity contribution in [1.82, 2.24) is 0 Å². The van der Waals surface area contributed by atoms with Crippen LogP contribution in [0, 0.1) is 5.82 Å². The highest BCUT2D eigenvalue weighted by molar-refractivity contribution is 6.30. The Balaban J connectivity index is 2.15. The highest BCUT2D eigenvalue weighted by atomic mass is 35.5. The molecular formula is C17H13ClFN. The fraction of sp³-hybridized carbons (Fsp3) is 0.0588. The molecular weight excluding hydrogens is 273 g/mol. The molecule has 2 N–H and O–H groups in total. The predicted molar refractivity (Wildman–Crippen MR) is 81.4 cm³/mol. The average Bonchev–Trinajstić information content (AvgIpc) is 2.46. The first-order valence-corrected chi connectivity index (χ1v) is 6.73. The monoisotopic (exact) mass is 285 g/mol. The number of rotatable bonds is 2. The fourth-order valence-corrected chi connectivity index (χ4v) is 2.60. The Kier molecular flexibility index (Phi) is 3.43. The van der Waals surface area contributed by atoms with Gasteiger partial charge >= 0.3 is 0 Å². The molecule has 3 aromatic carbocycles. The summed E-state index contributed by atoms with van der Waals surface area (Å²) >= 11 is 5.78. The summed E-state index contributed by atoms with van der Waals surface area (Å²) in [7, 11) is 0. The zero-order chi connectivity index (χ0) is 14.1. The molecule has 0 aromatic heterocycles. The summed E-state index contributed by atoms with van der Waals surface area (Å²) in [5.41, 5.74) is 7.61. The molecule has 0 fully saturated rings. The quantitative estimate of drug-likeness (QED) is 0.727. The van der Waals surface area contributed by atoms with Crippen LogP contribution in [0.15, 0.2) is 60.7 Å². The third-order valence-corrected chi connectivity index (χ3v) is 3.69. The van der Waals surface area contributed by atoms with E-state index < -0.39 is 6.04 Å². The molecule has 0 saturated carbocycles. The molecule has 100 valence electrons. The van der Waals surface area contributed by atoms with Gasteiger partial charge in [0.25, 0.3) is 0 Å². The molecule has 0 aliphatic rings. The summed E-state index contributed by atoms with van der Waals surface area (Å²) in [4.78, 5) is 0. The highest BCUT2D eigenvalue weighted by Gasteiger charge is 2.15. The maximum atomic E-state index is 14.0. The van der Waals surface area contributed by atoms with Crippen molar-refractivity contribution >= 4 is 22.4 Å². The third kappa shape index (κ3) is 2.28. The number of benzene rings is 3. The van der Waals surface area contributed by atoms with Crippen molar-refractivity contribution in [3.05, 3.63) is 82.6 Å². The van der Waals surface area contributed by atoms with Gasteiger partial charge in [-0.15, -0.1) is 0 Å². The SMILES string of the molecule is NC(c1ccc(Cl)cc1F)c1cccc2ccccc12. The van der Waals surface area contributed by atoms with Crippen molar-refractivity contribution in [3.8, 4) is 0 Å². The van der Waals surface area contributed by atoms with Crippen LogP contribution in [0.4, 0.5) is 4.39 Å². The van der Waals surface area contributed by atoms with E-state index in [0.717, 1.165) is 16.3 Å². The third-order valence-electron chi connectivity index (χ3n) is 3.46. The summed E-state index contributed by atoms with van der Waals surface area (Å²) in [6.45, 7) is 0. The van der Waals surface area contributed by atoms with Crippen molar-refractivity contribution in [3.63, 3.8) is 0 Å². The molecule has 0 spiro atoms. The van der Waals surface area contributed by atoms with Gasteiger partial charge in [-0.2, -0.15) is 0 Å². The minimum atomic E-state index is -0.515.